The van der Waals surface area contributed by atoms with E-state index in [1.165, 1.54) is 25.7 Å². The number of hydrogen-bond acceptors (Lipinski definition) is 6. The molecule has 0 aromatic carbocycles. The van der Waals surface area contributed by atoms with E-state index in [0.29, 0.717) is 19.3 Å². The fraction of sp³-hybridized carbons (Fsp3) is 0.630. The molecule has 0 aliphatic rings. The van der Waals surface area contributed by atoms with Gasteiger partial charge < -0.3 is 14.2 Å². The maximum absolute atomic E-state index is 12.6. The summed E-state index contributed by atoms with van der Waals surface area (Å²) < 4.78 is 16.5. The summed E-state index contributed by atoms with van der Waals surface area (Å²) in [6.45, 7) is 6.16. The summed E-state index contributed by atoms with van der Waals surface area (Å²) in [6, 6.07) is 0. The van der Waals surface area contributed by atoms with Gasteiger partial charge in [-0.15, -0.1) is 0 Å². The molecule has 52 heavy (non-hydrogen) atoms. The number of hydrogen-bond donors (Lipinski definition) is 0. The normalized spacial score (nSPS) is 12.9. The quantitative estimate of drug-likeness (QED) is 0.0280. The molecule has 6 nitrogen and oxygen atoms in total. The van der Waals surface area contributed by atoms with Crippen LogP contribution in [0.25, 0.3) is 0 Å². The summed E-state index contributed by atoms with van der Waals surface area (Å²) in [7, 11) is 0. The van der Waals surface area contributed by atoms with E-state index in [-0.39, 0.29) is 37.5 Å². The maximum Gasteiger partial charge on any atom is 0.306 e. The lowest BCUT2D eigenvalue weighted by Crippen LogP contribution is -2.30. The summed E-state index contributed by atoms with van der Waals surface area (Å²) in [5.74, 6) is -1.03. The van der Waals surface area contributed by atoms with Crippen LogP contribution in [0.2, 0.25) is 0 Å². The Bertz CT molecular complexity index is 1060. The molecule has 0 saturated carbocycles. The van der Waals surface area contributed by atoms with E-state index in [2.05, 4.69) is 106 Å². The van der Waals surface area contributed by atoms with Crippen molar-refractivity contribution in [2.24, 2.45) is 0 Å². The van der Waals surface area contributed by atoms with Gasteiger partial charge in [-0.05, 0) is 96.3 Å². The van der Waals surface area contributed by atoms with E-state index in [4.69, 9.17) is 14.2 Å². The van der Waals surface area contributed by atoms with Gasteiger partial charge in [0.1, 0.15) is 13.2 Å². The smallest absolute Gasteiger partial charge is 0.306 e. The largest absolute Gasteiger partial charge is 0.462 e. The molecule has 0 saturated heterocycles. The van der Waals surface area contributed by atoms with Crippen LogP contribution in [0, 0.1) is 0 Å². The predicted octanol–water partition coefficient (Wildman–Crippen LogP) is 12.9. The molecular weight excluding hydrogens is 648 g/mol. The van der Waals surface area contributed by atoms with Crippen LogP contribution in [-0.2, 0) is 28.6 Å². The van der Waals surface area contributed by atoms with Crippen LogP contribution < -0.4 is 0 Å². The van der Waals surface area contributed by atoms with E-state index in [9.17, 15) is 14.4 Å². The van der Waals surface area contributed by atoms with Crippen LogP contribution in [0.4, 0.5) is 0 Å². The minimum atomic E-state index is -0.815. The summed E-state index contributed by atoms with van der Waals surface area (Å²) in [5.41, 5.74) is 0. The first-order valence-electron chi connectivity index (χ1n) is 20.6. The zero-order valence-electron chi connectivity index (χ0n) is 33.3. The molecule has 0 rings (SSSR count). The Kier molecular flexibility index (Phi) is 37.7. The molecule has 0 aliphatic heterocycles. The number of allylic oxidation sites excluding steroid dienone is 14. The second kappa shape index (κ2) is 40.4. The van der Waals surface area contributed by atoms with Crippen LogP contribution >= 0.6 is 0 Å². The van der Waals surface area contributed by atoms with Crippen LogP contribution in [0.3, 0.4) is 0 Å². The van der Waals surface area contributed by atoms with Gasteiger partial charge in [0.15, 0.2) is 6.10 Å². The van der Waals surface area contributed by atoms with E-state index < -0.39 is 6.10 Å². The zero-order valence-corrected chi connectivity index (χ0v) is 33.3. The highest BCUT2D eigenvalue weighted by Crippen LogP contribution is 2.12. The monoisotopic (exact) mass is 723 g/mol. The van der Waals surface area contributed by atoms with Crippen molar-refractivity contribution in [2.45, 2.75) is 175 Å². The van der Waals surface area contributed by atoms with E-state index in [0.717, 1.165) is 96.3 Å². The first-order valence-corrected chi connectivity index (χ1v) is 20.6. The van der Waals surface area contributed by atoms with Gasteiger partial charge in [0.2, 0.25) is 0 Å². The highest BCUT2D eigenvalue weighted by molar-refractivity contribution is 5.71. The van der Waals surface area contributed by atoms with Crippen LogP contribution in [-0.4, -0.2) is 37.2 Å². The van der Waals surface area contributed by atoms with Gasteiger partial charge in [-0.25, -0.2) is 0 Å². The third-order valence-corrected chi connectivity index (χ3v) is 8.13. The van der Waals surface area contributed by atoms with Crippen LogP contribution in [0.1, 0.15) is 168 Å². The molecule has 0 spiro atoms. The van der Waals surface area contributed by atoms with Crippen molar-refractivity contribution in [3.8, 4) is 0 Å². The lowest BCUT2D eigenvalue weighted by Gasteiger charge is -2.18. The van der Waals surface area contributed by atoms with Crippen molar-refractivity contribution in [3.05, 3.63) is 85.1 Å². The van der Waals surface area contributed by atoms with Crippen molar-refractivity contribution in [1.29, 1.82) is 0 Å². The second-order valence-corrected chi connectivity index (χ2v) is 13.1. The molecule has 294 valence electrons. The van der Waals surface area contributed by atoms with Crippen LogP contribution in [0.15, 0.2) is 85.1 Å². The molecule has 0 radical (unpaired) electrons. The first kappa shape index (κ1) is 48.6. The molecule has 0 bridgehead atoms. The Morgan fingerprint density at radius 1 is 0.385 bits per heavy atom. The molecule has 6 heteroatoms. The second-order valence-electron chi connectivity index (χ2n) is 13.1. The molecular formula is C46H74O6. The molecule has 0 fully saturated rings. The van der Waals surface area contributed by atoms with Crippen molar-refractivity contribution in [2.75, 3.05) is 13.2 Å². The van der Waals surface area contributed by atoms with E-state index >= 15 is 0 Å². The molecule has 0 aromatic heterocycles. The highest BCUT2D eigenvalue weighted by atomic mass is 16.6. The number of esters is 3. The molecule has 0 amide bonds. The Labute approximate surface area is 318 Å². The Morgan fingerprint density at radius 3 is 1.17 bits per heavy atom. The molecule has 0 aromatic rings. The van der Waals surface area contributed by atoms with Gasteiger partial charge in [0.25, 0.3) is 0 Å². The molecule has 0 aliphatic carbocycles. The van der Waals surface area contributed by atoms with Crippen LogP contribution in [0.5, 0.6) is 0 Å². The molecule has 1 unspecified atom stereocenters. The SMILES string of the molecule is CC/C=C\C/C=C\C/C=C\CCCC(=O)OC(COC(=O)CCCC/C=C\C/C=C\CC)COC(=O)CCCCCCCCC/C=C\C/C=C\CC. The van der Waals surface area contributed by atoms with Gasteiger partial charge in [0.05, 0.1) is 0 Å². The maximum atomic E-state index is 12.6. The van der Waals surface area contributed by atoms with Crippen molar-refractivity contribution in [3.63, 3.8) is 0 Å². The third-order valence-electron chi connectivity index (χ3n) is 8.13. The molecule has 0 N–H and O–H groups in total. The van der Waals surface area contributed by atoms with Crippen molar-refractivity contribution >= 4 is 17.9 Å². The van der Waals surface area contributed by atoms with Gasteiger partial charge in [-0.3, -0.25) is 14.4 Å². The third kappa shape index (κ3) is 37.8. The Balaban J connectivity index is 4.48. The molecule has 1 atom stereocenters. The fourth-order valence-corrected chi connectivity index (χ4v) is 5.13. The van der Waals surface area contributed by atoms with Gasteiger partial charge >= 0.3 is 17.9 Å². The van der Waals surface area contributed by atoms with Gasteiger partial charge in [-0.1, -0.05) is 138 Å². The lowest BCUT2D eigenvalue weighted by atomic mass is 10.1. The average molecular weight is 723 g/mol. The Morgan fingerprint density at radius 2 is 0.712 bits per heavy atom. The minimum absolute atomic E-state index is 0.113. The molecule has 0 heterocycles. The standard InChI is InChI=1S/C46H74O6/c1-4-7-10-13-16-19-21-22-23-25-27-30-33-36-39-45(48)51-42-43(41-50-44(47)38-35-32-29-26-18-15-12-9-6-3)52-46(49)40-37-34-31-28-24-20-17-14-11-8-5-2/h7-12,16-20,26,28,31,43H,4-6,13-15,21-25,27,29-30,32-42H2,1-3H3/b10-7-,11-8-,12-9-,19-16-,20-17-,26-18-,31-28-. The van der Waals surface area contributed by atoms with Gasteiger partial charge in [-0.2, -0.15) is 0 Å². The number of rotatable bonds is 35. The summed E-state index contributed by atoms with van der Waals surface area (Å²) in [6.07, 6.45) is 50.2. The predicted molar refractivity (Wildman–Crippen MR) is 219 cm³/mol. The Hall–Kier alpha value is -3.41. The average Bonchev–Trinajstić information content (AvgIpc) is 3.14. The number of carbonyl (C=O) groups is 3. The van der Waals surface area contributed by atoms with E-state index in [1.54, 1.807) is 0 Å². The highest BCUT2D eigenvalue weighted by Gasteiger charge is 2.19. The van der Waals surface area contributed by atoms with Crippen molar-refractivity contribution in [1.82, 2.24) is 0 Å². The summed E-state index contributed by atoms with van der Waals surface area (Å²) in [4.78, 5) is 37.5. The topological polar surface area (TPSA) is 78.9 Å². The minimum Gasteiger partial charge on any atom is -0.462 e. The fourth-order valence-electron chi connectivity index (χ4n) is 5.13. The number of carbonyl (C=O) groups excluding carboxylic acids is 3. The summed E-state index contributed by atoms with van der Waals surface area (Å²) >= 11 is 0. The first-order chi connectivity index (χ1) is 25.5. The number of ether oxygens (including phenoxy) is 3. The zero-order chi connectivity index (χ0) is 38.0. The number of unbranched alkanes of at least 4 members (excludes halogenated alkanes) is 10. The summed E-state index contributed by atoms with van der Waals surface area (Å²) in [5, 5.41) is 0. The van der Waals surface area contributed by atoms with Crippen molar-refractivity contribution < 1.29 is 28.6 Å². The lowest BCUT2D eigenvalue weighted by molar-refractivity contribution is -0.167. The van der Waals surface area contributed by atoms with Gasteiger partial charge in [0, 0.05) is 19.3 Å². The van der Waals surface area contributed by atoms with E-state index in [1.807, 2.05) is 0 Å².